The Kier molecular flexibility index (Phi) is 4.24. The van der Waals surface area contributed by atoms with Gasteiger partial charge >= 0.3 is 0 Å². The molecule has 3 nitrogen and oxygen atoms in total. The second-order valence-electron chi connectivity index (χ2n) is 6.73. The van der Waals surface area contributed by atoms with Gasteiger partial charge in [0.1, 0.15) is 5.82 Å². The lowest BCUT2D eigenvalue weighted by Crippen LogP contribution is -2.31. The third-order valence-corrected chi connectivity index (χ3v) is 5.09. The van der Waals surface area contributed by atoms with Gasteiger partial charge in [-0.15, -0.1) is 0 Å². The average molecular weight is 329 g/mol. The number of rotatable bonds is 3. The summed E-state index contributed by atoms with van der Waals surface area (Å²) in [5, 5.41) is 0. The van der Waals surface area contributed by atoms with E-state index in [1.807, 2.05) is 24.4 Å². The Morgan fingerprint density at radius 1 is 1.00 bits per heavy atom. The minimum absolute atomic E-state index is 0.134. The van der Waals surface area contributed by atoms with Crippen LogP contribution in [0.25, 0.3) is 0 Å². The lowest BCUT2D eigenvalue weighted by Gasteiger charge is -2.30. The third kappa shape index (κ3) is 3.15. The standard InChI is InChI=1S/C22H23N3/c1-16-13-21(25-12-11-17-7-5-6-10-19(17)15-25)24-14-20(16)22(23)18-8-3-2-4-9-18/h2-10,13-14,22H,11-12,15,23H2,1H3/t22-/m1/s1. The fourth-order valence-corrected chi connectivity index (χ4v) is 3.58. The number of aromatic nitrogens is 1. The maximum Gasteiger partial charge on any atom is 0.129 e. The van der Waals surface area contributed by atoms with Crippen molar-refractivity contribution in [3.05, 3.63) is 94.7 Å². The molecule has 0 saturated carbocycles. The van der Waals surface area contributed by atoms with Crippen LogP contribution in [-0.2, 0) is 13.0 Å². The van der Waals surface area contributed by atoms with Crippen LogP contribution in [-0.4, -0.2) is 11.5 Å². The van der Waals surface area contributed by atoms with Crippen molar-refractivity contribution in [1.29, 1.82) is 0 Å². The van der Waals surface area contributed by atoms with E-state index in [4.69, 9.17) is 10.7 Å². The van der Waals surface area contributed by atoms with Crippen LogP contribution >= 0.6 is 0 Å². The van der Waals surface area contributed by atoms with E-state index in [1.54, 1.807) is 0 Å². The second kappa shape index (κ2) is 6.69. The maximum atomic E-state index is 6.46. The highest BCUT2D eigenvalue weighted by molar-refractivity contribution is 5.48. The molecular formula is C22H23N3. The van der Waals surface area contributed by atoms with E-state index in [1.165, 1.54) is 16.7 Å². The topological polar surface area (TPSA) is 42.2 Å². The zero-order valence-corrected chi connectivity index (χ0v) is 14.5. The summed E-state index contributed by atoms with van der Waals surface area (Å²) in [4.78, 5) is 7.08. The lowest BCUT2D eigenvalue weighted by atomic mass is 9.97. The van der Waals surface area contributed by atoms with E-state index in [0.717, 1.165) is 36.5 Å². The molecule has 0 amide bonds. The molecule has 2 aromatic carbocycles. The lowest BCUT2D eigenvalue weighted by molar-refractivity contribution is 0.718. The fourth-order valence-electron chi connectivity index (χ4n) is 3.58. The Morgan fingerprint density at radius 3 is 2.48 bits per heavy atom. The van der Waals surface area contributed by atoms with E-state index in [-0.39, 0.29) is 6.04 Å². The first kappa shape index (κ1) is 15.9. The number of hydrogen-bond donors (Lipinski definition) is 1. The number of aryl methyl sites for hydroxylation is 1. The summed E-state index contributed by atoms with van der Waals surface area (Å²) >= 11 is 0. The fraction of sp³-hybridized carbons (Fsp3) is 0.227. The van der Waals surface area contributed by atoms with Crippen molar-refractivity contribution in [3.8, 4) is 0 Å². The number of anilines is 1. The molecule has 0 saturated heterocycles. The van der Waals surface area contributed by atoms with Crippen molar-refractivity contribution in [2.24, 2.45) is 5.73 Å². The summed E-state index contributed by atoms with van der Waals surface area (Å²) in [5.41, 5.74) is 12.7. The normalized spacial score (nSPS) is 14.9. The van der Waals surface area contributed by atoms with Crippen molar-refractivity contribution in [2.45, 2.75) is 25.9 Å². The highest BCUT2D eigenvalue weighted by atomic mass is 15.2. The van der Waals surface area contributed by atoms with Gasteiger partial charge in [-0.25, -0.2) is 4.98 Å². The quantitative estimate of drug-likeness (QED) is 0.790. The van der Waals surface area contributed by atoms with Crippen molar-refractivity contribution in [2.75, 3.05) is 11.4 Å². The monoisotopic (exact) mass is 329 g/mol. The first-order chi connectivity index (χ1) is 12.2. The highest BCUT2D eigenvalue weighted by Gasteiger charge is 2.19. The van der Waals surface area contributed by atoms with Gasteiger partial charge < -0.3 is 10.6 Å². The van der Waals surface area contributed by atoms with E-state index in [0.29, 0.717) is 0 Å². The van der Waals surface area contributed by atoms with E-state index in [2.05, 4.69) is 54.3 Å². The van der Waals surface area contributed by atoms with Crippen LogP contribution in [0.15, 0.2) is 66.9 Å². The minimum Gasteiger partial charge on any atom is -0.352 e. The molecule has 0 spiro atoms. The Morgan fingerprint density at radius 2 is 1.72 bits per heavy atom. The summed E-state index contributed by atoms with van der Waals surface area (Å²) in [5.74, 6) is 1.04. The predicted molar refractivity (Wildman–Crippen MR) is 103 cm³/mol. The van der Waals surface area contributed by atoms with Gasteiger partial charge in [-0.3, -0.25) is 0 Å². The second-order valence-corrected chi connectivity index (χ2v) is 6.73. The van der Waals surface area contributed by atoms with Crippen LogP contribution < -0.4 is 10.6 Å². The van der Waals surface area contributed by atoms with Gasteiger partial charge in [0.2, 0.25) is 0 Å². The van der Waals surface area contributed by atoms with Crippen molar-refractivity contribution in [3.63, 3.8) is 0 Å². The van der Waals surface area contributed by atoms with Crippen molar-refractivity contribution in [1.82, 2.24) is 4.98 Å². The molecule has 1 aliphatic heterocycles. The van der Waals surface area contributed by atoms with Gasteiger partial charge in [-0.2, -0.15) is 0 Å². The van der Waals surface area contributed by atoms with Gasteiger partial charge in [0.25, 0.3) is 0 Å². The zero-order chi connectivity index (χ0) is 17.2. The number of benzene rings is 2. The molecule has 2 N–H and O–H groups in total. The molecule has 2 heterocycles. The molecule has 1 aromatic heterocycles. The molecule has 0 unspecified atom stereocenters. The van der Waals surface area contributed by atoms with Gasteiger partial charge in [-0.1, -0.05) is 54.6 Å². The first-order valence-corrected chi connectivity index (χ1v) is 8.81. The first-order valence-electron chi connectivity index (χ1n) is 8.81. The van der Waals surface area contributed by atoms with Crippen LogP contribution in [0.3, 0.4) is 0 Å². The molecule has 25 heavy (non-hydrogen) atoms. The third-order valence-electron chi connectivity index (χ3n) is 5.09. The zero-order valence-electron chi connectivity index (χ0n) is 14.5. The largest absolute Gasteiger partial charge is 0.352 e. The minimum atomic E-state index is -0.134. The number of nitrogens with zero attached hydrogens (tertiary/aromatic N) is 2. The van der Waals surface area contributed by atoms with Gasteiger partial charge in [0, 0.05) is 19.3 Å². The molecule has 0 aliphatic carbocycles. The summed E-state index contributed by atoms with van der Waals surface area (Å²) in [7, 11) is 0. The van der Waals surface area contributed by atoms with E-state index in [9.17, 15) is 0 Å². The Balaban J connectivity index is 1.58. The van der Waals surface area contributed by atoms with Crippen LogP contribution in [0.2, 0.25) is 0 Å². The van der Waals surface area contributed by atoms with E-state index >= 15 is 0 Å². The molecule has 3 aromatic rings. The summed E-state index contributed by atoms with van der Waals surface area (Å²) in [6.07, 6.45) is 3.02. The number of nitrogens with two attached hydrogens (primary N) is 1. The van der Waals surface area contributed by atoms with E-state index < -0.39 is 0 Å². The maximum absolute atomic E-state index is 6.46. The Bertz CT molecular complexity index is 873. The van der Waals surface area contributed by atoms with Gasteiger partial charge in [0.05, 0.1) is 6.04 Å². The SMILES string of the molecule is Cc1cc(N2CCc3ccccc3C2)ncc1[C@H](N)c1ccccc1. The summed E-state index contributed by atoms with van der Waals surface area (Å²) in [6.45, 7) is 4.06. The molecule has 126 valence electrons. The molecule has 4 rings (SSSR count). The predicted octanol–water partition coefficient (Wildman–Crippen LogP) is 4.00. The molecule has 1 atom stereocenters. The number of fused-ring (bicyclic) bond motifs is 1. The molecular weight excluding hydrogens is 306 g/mol. The Labute approximate surface area is 149 Å². The van der Waals surface area contributed by atoms with Crippen LogP contribution in [0.4, 0.5) is 5.82 Å². The van der Waals surface area contributed by atoms with Crippen LogP contribution in [0.1, 0.15) is 33.9 Å². The number of pyridine rings is 1. The van der Waals surface area contributed by atoms with Crippen molar-refractivity contribution < 1.29 is 0 Å². The molecule has 1 aliphatic rings. The van der Waals surface area contributed by atoms with Crippen LogP contribution in [0, 0.1) is 6.92 Å². The van der Waals surface area contributed by atoms with Gasteiger partial charge in [-0.05, 0) is 47.2 Å². The Hall–Kier alpha value is -2.65. The van der Waals surface area contributed by atoms with Crippen molar-refractivity contribution >= 4 is 5.82 Å². The average Bonchev–Trinajstić information content (AvgIpc) is 2.67. The summed E-state index contributed by atoms with van der Waals surface area (Å²) < 4.78 is 0. The number of hydrogen-bond acceptors (Lipinski definition) is 3. The molecule has 0 radical (unpaired) electrons. The molecule has 0 bridgehead atoms. The summed E-state index contributed by atoms with van der Waals surface area (Å²) in [6, 6.07) is 20.9. The molecule has 3 heteroatoms. The van der Waals surface area contributed by atoms with Crippen LogP contribution in [0.5, 0.6) is 0 Å². The smallest absolute Gasteiger partial charge is 0.129 e. The van der Waals surface area contributed by atoms with Gasteiger partial charge in [0.15, 0.2) is 0 Å². The highest BCUT2D eigenvalue weighted by Crippen LogP contribution is 2.27. The molecule has 0 fully saturated rings.